The van der Waals surface area contributed by atoms with Gasteiger partial charge in [0.05, 0.1) is 19.8 Å². The molecule has 0 aliphatic carbocycles. The van der Waals surface area contributed by atoms with Crippen LogP contribution in [0.5, 0.6) is 0 Å². The minimum atomic E-state index is -0.405. The topological polar surface area (TPSA) is 82.1 Å². The van der Waals surface area contributed by atoms with Crippen LogP contribution in [0.1, 0.15) is 36.8 Å². The third kappa shape index (κ3) is 22.0. The number of benzene rings is 2. The van der Waals surface area contributed by atoms with Crippen molar-refractivity contribution in [2.75, 3.05) is 26.4 Å². The first-order chi connectivity index (χ1) is 17.9. The lowest BCUT2D eigenvalue weighted by molar-refractivity contribution is -0.138. The standard InChI is InChI=1S/C14H17BrO3.C7H6Br2.C7H12O3/c1-2-14(16)18-10-4-3-9-17-11-12-5-7-13(15)8-6-12;8-5-6-1-3-7(9)4-2-6;1-2-7(9)10-6-4-3-5-8/h2,5-8H,1,3-4,9-11H2;1-4H,5H2;2,8H,1,3-6H2. The van der Waals surface area contributed by atoms with Crippen LogP contribution >= 0.6 is 47.8 Å². The van der Waals surface area contributed by atoms with Gasteiger partial charge in [0.2, 0.25) is 0 Å². The second-order valence-corrected chi connectivity index (χ2v) is 9.71. The smallest absolute Gasteiger partial charge is 0.330 e. The van der Waals surface area contributed by atoms with Gasteiger partial charge >= 0.3 is 11.9 Å². The van der Waals surface area contributed by atoms with Crippen LogP contribution in [0, 0.1) is 0 Å². The van der Waals surface area contributed by atoms with Crippen LogP contribution in [0.2, 0.25) is 0 Å². The average Bonchev–Trinajstić information content (AvgIpc) is 2.92. The summed E-state index contributed by atoms with van der Waals surface area (Å²) in [5.74, 6) is -0.774. The highest BCUT2D eigenvalue weighted by Gasteiger charge is 1.97. The first kappa shape index (κ1) is 35.2. The predicted molar refractivity (Wildman–Crippen MR) is 158 cm³/mol. The van der Waals surface area contributed by atoms with Crippen molar-refractivity contribution in [2.45, 2.75) is 37.6 Å². The van der Waals surface area contributed by atoms with E-state index in [4.69, 9.17) is 14.6 Å². The van der Waals surface area contributed by atoms with Crippen LogP contribution < -0.4 is 0 Å². The largest absolute Gasteiger partial charge is 0.463 e. The maximum atomic E-state index is 10.7. The van der Waals surface area contributed by atoms with E-state index < -0.39 is 5.97 Å². The molecule has 2 rings (SSSR count). The van der Waals surface area contributed by atoms with E-state index in [1.807, 2.05) is 36.4 Å². The van der Waals surface area contributed by atoms with Crippen molar-refractivity contribution >= 4 is 59.7 Å². The number of aliphatic hydroxyl groups excluding tert-OH is 1. The molecule has 0 saturated carbocycles. The van der Waals surface area contributed by atoms with Crippen LogP contribution in [-0.2, 0) is 35.7 Å². The molecule has 1 N–H and O–H groups in total. The third-order valence-electron chi connectivity index (χ3n) is 4.31. The molecular weight excluding hydrogens is 672 g/mol. The SMILES string of the molecule is BrCc1ccc(Br)cc1.C=CC(=O)OCCCCO.C=CC(=O)OCCCCOCc1ccc(Br)cc1. The van der Waals surface area contributed by atoms with Gasteiger partial charge in [-0.25, -0.2) is 9.59 Å². The van der Waals surface area contributed by atoms with Gasteiger partial charge in [-0.05, 0) is 61.1 Å². The highest BCUT2D eigenvalue weighted by atomic mass is 79.9. The summed E-state index contributed by atoms with van der Waals surface area (Å²) in [6, 6.07) is 16.3. The molecular formula is C28H35Br3O6. The van der Waals surface area contributed by atoms with E-state index in [0.29, 0.717) is 39.3 Å². The summed E-state index contributed by atoms with van der Waals surface area (Å²) >= 11 is 10.1. The second kappa shape index (κ2) is 24.6. The summed E-state index contributed by atoms with van der Waals surface area (Å²) in [5, 5.41) is 9.26. The summed E-state index contributed by atoms with van der Waals surface area (Å²) in [6.45, 7) is 8.77. The van der Waals surface area contributed by atoms with Gasteiger partial charge in [-0.15, -0.1) is 0 Å². The van der Waals surface area contributed by atoms with Crippen molar-refractivity contribution in [3.8, 4) is 0 Å². The molecule has 9 heteroatoms. The molecule has 0 atom stereocenters. The quantitative estimate of drug-likeness (QED) is 0.0961. The van der Waals surface area contributed by atoms with E-state index in [-0.39, 0.29) is 12.6 Å². The maximum Gasteiger partial charge on any atom is 0.330 e. The minimum absolute atomic E-state index is 0.144. The lowest BCUT2D eigenvalue weighted by Crippen LogP contribution is -2.03. The first-order valence-electron chi connectivity index (χ1n) is 11.7. The Bertz CT molecular complexity index is 886. The number of alkyl halides is 1. The molecule has 0 bridgehead atoms. The van der Waals surface area contributed by atoms with Crippen molar-refractivity contribution < 1.29 is 28.9 Å². The fraction of sp³-hybridized carbons (Fsp3) is 0.357. The van der Waals surface area contributed by atoms with Gasteiger partial charge in [0.15, 0.2) is 0 Å². The van der Waals surface area contributed by atoms with Crippen LogP contribution in [-0.4, -0.2) is 43.5 Å². The molecule has 0 unspecified atom stereocenters. The van der Waals surface area contributed by atoms with Crippen LogP contribution in [0.4, 0.5) is 0 Å². The summed E-state index contributed by atoms with van der Waals surface area (Å²) in [4.78, 5) is 21.1. The number of unbranched alkanes of at least 4 members (excludes halogenated alkanes) is 2. The summed E-state index contributed by atoms with van der Waals surface area (Å²) in [6.07, 6.45) is 5.35. The van der Waals surface area contributed by atoms with E-state index in [2.05, 4.69) is 77.8 Å². The van der Waals surface area contributed by atoms with E-state index in [1.165, 1.54) is 11.6 Å². The third-order valence-corrected chi connectivity index (χ3v) is 6.01. The molecule has 204 valence electrons. The maximum absolute atomic E-state index is 10.7. The number of hydrogen-bond donors (Lipinski definition) is 1. The molecule has 0 aromatic heterocycles. The number of carbonyl (C=O) groups excluding carboxylic acids is 2. The molecule has 6 nitrogen and oxygen atoms in total. The van der Waals surface area contributed by atoms with Crippen molar-refractivity contribution in [2.24, 2.45) is 0 Å². The Labute approximate surface area is 245 Å². The van der Waals surface area contributed by atoms with Gasteiger partial charge in [0.1, 0.15) is 0 Å². The monoisotopic (exact) mass is 704 g/mol. The molecule has 0 amide bonds. The first-order valence-corrected chi connectivity index (χ1v) is 14.4. The van der Waals surface area contributed by atoms with E-state index in [9.17, 15) is 9.59 Å². The highest BCUT2D eigenvalue weighted by Crippen LogP contribution is 2.12. The molecule has 0 saturated heterocycles. The number of aliphatic hydroxyl groups is 1. The Morgan fingerprint density at radius 2 is 1.16 bits per heavy atom. The van der Waals surface area contributed by atoms with Gasteiger partial charge in [-0.2, -0.15) is 0 Å². The lowest BCUT2D eigenvalue weighted by atomic mass is 10.2. The number of carbonyl (C=O) groups is 2. The number of halogens is 3. The normalized spacial score (nSPS) is 9.62. The Hall–Kier alpha value is -1.78. The number of rotatable bonds is 14. The predicted octanol–water partition coefficient (Wildman–Crippen LogP) is 7.31. The highest BCUT2D eigenvalue weighted by molar-refractivity contribution is 9.10. The molecule has 0 aliphatic rings. The number of hydrogen-bond acceptors (Lipinski definition) is 6. The van der Waals surface area contributed by atoms with Crippen molar-refractivity contribution in [3.63, 3.8) is 0 Å². The van der Waals surface area contributed by atoms with Crippen LogP contribution in [0.15, 0.2) is 82.8 Å². The van der Waals surface area contributed by atoms with Gasteiger partial charge < -0.3 is 19.3 Å². The molecule has 0 spiro atoms. The molecule has 37 heavy (non-hydrogen) atoms. The molecule has 0 heterocycles. The van der Waals surface area contributed by atoms with Crippen LogP contribution in [0.3, 0.4) is 0 Å². The van der Waals surface area contributed by atoms with Crippen molar-refractivity contribution in [3.05, 3.63) is 93.9 Å². The van der Waals surface area contributed by atoms with Gasteiger partial charge in [0.25, 0.3) is 0 Å². The summed E-state index contributed by atoms with van der Waals surface area (Å²) in [5.41, 5.74) is 2.45. The van der Waals surface area contributed by atoms with Gasteiger partial charge in [-0.3, -0.25) is 0 Å². The van der Waals surface area contributed by atoms with Crippen LogP contribution in [0.25, 0.3) is 0 Å². The summed E-state index contributed by atoms with van der Waals surface area (Å²) < 4.78 is 17.2. The second-order valence-electron chi connectivity index (χ2n) is 7.32. The van der Waals surface area contributed by atoms with Crippen molar-refractivity contribution in [1.82, 2.24) is 0 Å². The zero-order valence-corrected chi connectivity index (χ0v) is 25.6. The number of esters is 2. The van der Waals surface area contributed by atoms with Crippen molar-refractivity contribution in [1.29, 1.82) is 0 Å². The molecule has 0 aliphatic heterocycles. The fourth-order valence-corrected chi connectivity index (χ4v) is 3.23. The lowest BCUT2D eigenvalue weighted by Gasteiger charge is -2.05. The zero-order valence-electron chi connectivity index (χ0n) is 20.9. The average molecular weight is 707 g/mol. The van der Waals surface area contributed by atoms with E-state index in [0.717, 1.165) is 38.8 Å². The Kier molecular flexibility index (Phi) is 23.4. The van der Waals surface area contributed by atoms with Gasteiger partial charge in [0, 0.05) is 39.6 Å². The fourth-order valence-electron chi connectivity index (χ4n) is 2.33. The van der Waals surface area contributed by atoms with E-state index in [1.54, 1.807) is 0 Å². The minimum Gasteiger partial charge on any atom is -0.463 e. The van der Waals surface area contributed by atoms with E-state index >= 15 is 0 Å². The van der Waals surface area contributed by atoms with Gasteiger partial charge in [-0.1, -0.05) is 85.2 Å². The Morgan fingerprint density at radius 3 is 1.59 bits per heavy atom. The molecule has 0 fully saturated rings. The Morgan fingerprint density at radius 1 is 0.730 bits per heavy atom. The molecule has 2 aromatic carbocycles. The zero-order chi connectivity index (χ0) is 27.7. The molecule has 2 aromatic rings. The Balaban J connectivity index is 0.000000577. The number of ether oxygens (including phenoxy) is 3. The summed E-state index contributed by atoms with van der Waals surface area (Å²) in [7, 11) is 0. The molecule has 0 radical (unpaired) electrons.